The Morgan fingerprint density at radius 1 is 1.19 bits per heavy atom. The molecule has 0 bridgehead atoms. The average molecular weight is 491 g/mol. The number of alkyl halides is 1. The van der Waals surface area contributed by atoms with E-state index in [2.05, 4.69) is 31.0 Å². The summed E-state index contributed by atoms with van der Waals surface area (Å²) >= 11 is 13.7. The number of rotatable bonds is 6. The van der Waals surface area contributed by atoms with E-state index < -0.39 is 9.84 Å². The number of fused-ring (bicyclic) bond motifs is 1. The summed E-state index contributed by atoms with van der Waals surface area (Å²) < 4.78 is 24.2. The third-order valence-electron chi connectivity index (χ3n) is 6.21. The maximum atomic E-state index is 12.1. The number of benzene rings is 1. The fourth-order valence-electron chi connectivity index (χ4n) is 4.42. The molecule has 0 amide bonds. The van der Waals surface area contributed by atoms with E-state index in [1.54, 1.807) is 13.0 Å². The van der Waals surface area contributed by atoms with Gasteiger partial charge in [-0.15, -0.1) is 11.6 Å². The predicted octanol–water partition coefficient (Wildman–Crippen LogP) is 6.39. The molecule has 0 saturated heterocycles. The SMILES string of the molecule is CCS(=O)(=O)C1=CC=C(Cc2nc3c([nH]2)CC(Cl)C(c2ccccc2C(C)C)=C3Cl)CC1. The Hall–Kier alpha value is -1.82. The largest absolute Gasteiger partial charge is 0.345 e. The van der Waals surface area contributed by atoms with Crippen LogP contribution in [-0.4, -0.2) is 29.5 Å². The van der Waals surface area contributed by atoms with Gasteiger partial charge >= 0.3 is 0 Å². The standard InChI is InChI=1S/C25H28Cl2N2O2S/c1-4-32(30,31)17-11-9-16(10-12-17)13-22-28-21-14-20(26)23(24(27)25(21)29-22)19-8-6-5-7-18(19)15(2)3/h5-9,11,15,20H,4,10,12-14H2,1-3H3,(H,28,29). The average Bonchev–Trinajstić information content (AvgIpc) is 3.17. The number of hydrogen-bond donors (Lipinski definition) is 1. The van der Waals surface area contributed by atoms with Crippen molar-refractivity contribution in [3.63, 3.8) is 0 Å². The van der Waals surface area contributed by atoms with Crippen molar-refractivity contribution < 1.29 is 8.42 Å². The minimum Gasteiger partial charge on any atom is -0.345 e. The van der Waals surface area contributed by atoms with Gasteiger partial charge in [0.15, 0.2) is 9.84 Å². The lowest BCUT2D eigenvalue weighted by Crippen LogP contribution is -2.15. The van der Waals surface area contributed by atoms with Crippen molar-refractivity contribution in [2.45, 2.75) is 57.7 Å². The number of allylic oxidation sites excluding steroid dienone is 5. The van der Waals surface area contributed by atoms with Crippen molar-refractivity contribution in [1.29, 1.82) is 0 Å². The van der Waals surface area contributed by atoms with Gasteiger partial charge < -0.3 is 4.98 Å². The molecule has 1 heterocycles. The summed E-state index contributed by atoms with van der Waals surface area (Å²) in [5, 5.41) is 0.373. The van der Waals surface area contributed by atoms with Crippen LogP contribution < -0.4 is 0 Å². The van der Waals surface area contributed by atoms with Gasteiger partial charge in [-0.2, -0.15) is 0 Å². The van der Waals surface area contributed by atoms with Crippen LogP contribution in [0.15, 0.2) is 46.9 Å². The summed E-state index contributed by atoms with van der Waals surface area (Å²) in [6.07, 6.45) is 6.19. The highest BCUT2D eigenvalue weighted by Crippen LogP contribution is 2.43. The molecule has 0 spiro atoms. The fraction of sp³-hybridized carbons (Fsp3) is 0.400. The van der Waals surface area contributed by atoms with E-state index in [4.69, 9.17) is 28.2 Å². The van der Waals surface area contributed by atoms with Gasteiger partial charge in [0.25, 0.3) is 0 Å². The van der Waals surface area contributed by atoms with E-state index in [0.29, 0.717) is 41.5 Å². The van der Waals surface area contributed by atoms with Crippen LogP contribution >= 0.6 is 23.2 Å². The topological polar surface area (TPSA) is 62.8 Å². The van der Waals surface area contributed by atoms with Crippen molar-refractivity contribution in [3.8, 4) is 0 Å². The second kappa shape index (κ2) is 9.20. The van der Waals surface area contributed by atoms with Crippen molar-refractivity contribution >= 4 is 43.6 Å². The monoisotopic (exact) mass is 490 g/mol. The smallest absolute Gasteiger partial charge is 0.174 e. The number of H-pyrrole nitrogens is 1. The first kappa shape index (κ1) is 23.3. The van der Waals surface area contributed by atoms with Crippen LogP contribution in [-0.2, 0) is 22.7 Å². The van der Waals surface area contributed by atoms with Gasteiger partial charge in [-0.3, -0.25) is 0 Å². The van der Waals surface area contributed by atoms with Crippen LogP contribution in [0.2, 0.25) is 0 Å². The molecule has 1 N–H and O–H groups in total. The molecule has 1 aromatic heterocycles. The number of imidazole rings is 1. The normalized spacial score (nSPS) is 19.1. The van der Waals surface area contributed by atoms with E-state index in [1.807, 2.05) is 18.2 Å². The summed E-state index contributed by atoms with van der Waals surface area (Å²) in [6.45, 7) is 6.01. The first-order valence-electron chi connectivity index (χ1n) is 11.0. The lowest BCUT2D eigenvalue weighted by molar-refractivity contribution is 0.600. The highest BCUT2D eigenvalue weighted by atomic mass is 35.5. The van der Waals surface area contributed by atoms with Crippen molar-refractivity contribution in [2.24, 2.45) is 0 Å². The highest BCUT2D eigenvalue weighted by Gasteiger charge is 2.30. The van der Waals surface area contributed by atoms with Crippen molar-refractivity contribution in [3.05, 3.63) is 75.2 Å². The van der Waals surface area contributed by atoms with Gasteiger partial charge in [-0.25, -0.2) is 13.4 Å². The second-order valence-corrected chi connectivity index (χ2v) is 11.9. The van der Waals surface area contributed by atoms with E-state index in [-0.39, 0.29) is 11.1 Å². The van der Waals surface area contributed by atoms with Crippen LogP contribution in [0.4, 0.5) is 0 Å². The molecule has 0 saturated carbocycles. The highest BCUT2D eigenvalue weighted by molar-refractivity contribution is 7.95. The van der Waals surface area contributed by atoms with E-state index >= 15 is 0 Å². The summed E-state index contributed by atoms with van der Waals surface area (Å²) in [5.41, 5.74) is 6.14. The number of hydrogen-bond acceptors (Lipinski definition) is 3. The molecule has 1 unspecified atom stereocenters. The molecule has 4 nitrogen and oxygen atoms in total. The molecule has 0 radical (unpaired) electrons. The maximum Gasteiger partial charge on any atom is 0.174 e. The quantitative estimate of drug-likeness (QED) is 0.477. The minimum atomic E-state index is -3.12. The number of aromatic nitrogens is 2. The molecular formula is C25H28Cl2N2O2S. The van der Waals surface area contributed by atoms with E-state index in [9.17, 15) is 8.42 Å². The third-order valence-corrected chi connectivity index (χ3v) is 8.87. The molecule has 2 aliphatic rings. The molecule has 0 fully saturated rings. The molecule has 2 aromatic rings. The molecular weight excluding hydrogens is 463 g/mol. The van der Waals surface area contributed by atoms with Crippen LogP contribution in [0.5, 0.6) is 0 Å². The zero-order valence-electron chi connectivity index (χ0n) is 18.6. The van der Waals surface area contributed by atoms with Gasteiger partial charge in [0.05, 0.1) is 16.2 Å². The van der Waals surface area contributed by atoms with Gasteiger partial charge in [0.1, 0.15) is 11.5 Å². The van der Waals surface area contributed by atoms with Crippen LogP contribution in [0.3, 0.4) is 0 Å². The first-order valence-corrected chi connectivity index (χ1v) is 13.5. The van der Waals surface area contributed by atoms with Crippen LogP contribution in [0.25, 0.3) is 10.6 Å². The van der Waals surface area contributed by atoms with Crippen LogP contribution in [0, 0.1) is 0 Å². The van der Waals surface area contributed by atoms with Gasteiger partial charge in [0, 0.05) is 23.4 Å². The zero-order valence-corrected chi connectivity index (χ0v) is 20.9. The molecule has 32 heavy (non-hydrogen) atoms. The third kappa shape index (κ3) is 4.48. The molecule has 4 rings (SSSR count). The van der Waals surface area contributed by atoms with Crippen molar-refractivity contribution in [1.82, 2.24) is 9.97 Å². The molecule has 0 aliphatic heterocycles. The number of sulfone groups is 1. The Morgan fingerprint density at radius 2 is 1.94 bits per heavy atom. The lowest BCUT2D eigenvalue weighted by atomic mass is 9.87. The fourth-order valence-corrected chi connectivity index (χ4v) is 6.31. The summed E-state index contributed by atoms with van der Waals surface area (Å²) in [7, 11) is -3.12. The predicted molar refractivity (Wildman–Crippen MR) is 134 cm³/mol. The van der Waals surface area contributed by atoms with E-state index in [1.165, 1.54) is 5.56 Å². The Balaban J connectivity index is 1.65. The minimum absolute atomic E-state index is 0.139. The van der Waals surface area contributed by atoms with Crippen LogP contribution in [0.1, 0.15) is 67.9 Å². The van der Waals surface area contributed by atoms with E-state index in [0.717, 1.165) is 33.9 Å². The summed E-state index contributed by atoms with van der Waals surface area (Å²) in [4.78, 5) is 8.74. The number of aromatic amines is 1. The Labute approximate surface area is 200 Å². The maximum absolute atomic E-state index is 12.1. The Bertz CT molecular complexity index is 1240. The number of nitrogens with one attached hydrogen (secondary N) is 1. The first-order chi connectivity index (χ1) is 15.2. The lowest BCUT2D eigenvalue weighted by Gasteiger charge is -2.24. The second-order valence-electron chi connectivity index (χ2n) is 8.69. The number of nitrogens with zero attached hydrogens (tertiary/aromatic N) is 1. The summed E-state index contributed by atoms with van der Waals surface area (Å²) in [5.74, 6) is 1.33. The number of halogens is 2. The molecule has 7 heteroatoms. The van der Waals surface area contributed by atoms with Gasteiger partial charge in [-0.1, -0.05) is 68.3 Å². The van der Waals surface area contributed by atoms with Gasteiger partial charge in [0.2, 0.25) is 0 Å². The summed E-state index contributed by atoms with van der Waals surface area (Å²) in [6, 6.07) is 8.27. The zero-order chi connectivity index (χ0) is 23.0. The Kier molecular flexibility index (Phi) is 6.71. The molecule has 2 aliphatic carbocycles. The Morgan fingerprint density at radius 3 is 2.59 bits per heavy atom. The van der Waals surface area contributed by atoms with Gasteiger partial charge in [-0.05, 0) is 41.5 Å². The molecule has 1 atom stereocenters. The molecule has 1 aromatic carbocycles. The van der Waals surface area contributed by atoms with Crippen molar-refractivity contribution in [2.75, 3.05) is 5.75 Å². The molecule has 170 valence electrons.